The van der Waals surface area contributed by atoms with Gasteiger partial charge in [-0.05, 0) is 30.3 Å². The predicted octanol–water partition coefficient (Wildman–Crippen LogP) is 2.15. The standard InChI is InChI=1S/C11H10ClN3O3/c1-2-17-11(16)9-14-10(18-15-9)7-4-3-6(12)5-8(7)13/h3-5H,2,13H2,1H3. The molecule has 0 saturated heterocycles. The van der Waals surface area contributed by atoms with Crippen LogP contribution in [0.25, 0.3) is 11.5 Å². The second kappa shape index (κ2) is 5.05. The number of anilines is 1. The molecule has 0 fully saturated rings. The number of esters is 1. The lowest BCUT2D eigenvalue weighted by atomic mass is 10.2. The molecule has 0 atom stereocenters. The SMILES string of the molecule is CCOC(=O)c1noc(-c2ccc(Cl)cc2N)n1. The van der Waals surface area contributed by atoms with Crippen molar-refractivity contribution in [3.05, 3.63) is 29.0 Å². The lowest BCUT2D eigenvalue weighted by molar-refractivity contribution is 0.0508. The minimum absolute atomic E-state index is 0.138. The smallest absolute Gasteiger partial charge is 0.379 e. The largest absolute Gasteiger partial charge is 0.460 e. The molecule has 2 N–H and O–H groups in total. The molecule has 0 aliphatic rings. The van der Waals surface area contributed by atoms with E-state index in [2.05, 4.69) is 10.1 Å². The molecule has 2 rings (SSSR count). The number of benzene rings is 1. The summed E-state index contributed by atoms with van der Waals surface area (Å²) in [5, 5.41) is 4.03. The van der Waals surface area contributed by atoms with Gasteiger partial charge in [-0.1, -0.05) is 11.6 Å². The van der Waals surface area contributed by atoms with Crippen LogP contribution in [0.4, 0.5) is 5.69 Å². The molecule has 0 amide bonds. The number of nitrogen functional groups attached to an aromatic ring is 1. The molecule has 18 heavy (non-hydrogen) atoms. The number of nitrogens with two attached hydrogens (primary N) is 1. The van der Waals surface area contributed by atoms with Gasteiger partial charge in [-0.15, -0.1) is 0 Å². The number of hydrogen-bond donors (Lipinski definition) is 1. The first-order chi connectivity index (χ1) is 8.61. The zero-order valence-electron chi connectivity index (χ0n) is 9.51. The third kappa shape index (κ3) is 2.43. The Bertz CT molecular complexity index is 583. The van der Waals surface area contributed by atoms with E-state index >= 15 is 0 Å². The molecule has 0 saturated carbocycles. The van der Waals surface area contributed by atoms with Crippen LogP contribution in [-0.4, -0.2) is 22.7 Å². The maximum Gasteiger partial charge on any atom is 0.379 e. The van der Waals surface area contributed by atoms with Gasteiger partial charge in [0.25, 0.3) is 11.7 Å². The molecule has 1 aromatic heterocycles. The van der Waals surface area contributed by atoms with Crippen molar-refractivity contribution in [3.63, 3.8) is 0 Å². The maximum atomic E-state index is 11.4. The van der Waals surface area contributed by atoms with Crippen LogP contribution in [0.15, 0.2) is 22.7 Å². The van der Waals surface area contributed by atoms with Crippen molar-refractivity contribution in [1.29, 1.82) is 0 Å². The number of ether oxygens (including phenoxy) is 1. The molecular formula is C11H10ClN3O3. The van der Waals surface area contributed by atoms with Crippen LogP contribution in [0.5, 0.6) is 0 Å². The lowest BCUT2D eigenvalue weighted by Crippen LogP contribution is -2.06. The third-order valence-electron chi connectivity index (χ3n) is 2.13. The van der Waals surface area contributed by atoms with Crippen molar-refractivity contribution in [2.45, 2.75) is 6.92 Å². The Morgan fingerprint density at radius 2 is 2.33 bits per heavy atom. The first kappa shape index (κ1) is 12.4. The molecule has 0 aliphatic carbocycles. The normalized spacial score (nSPS) is 10.3. The Labute approximate surface area is 108 Å². The third-order valence-corrected chi connectivity index (χ3v) is 2.36. The molecular weight excluding hydrogens is 258 g/mol. The minimum Gasteiger partial charge on any atom is -0.460 e. The average Bonchev–Trinajstić information content (AvgIpc) is 2.78. The number of halogens is 1. The van der Waals surface area contributed by atoms with Crippen molar-refractivity contribution in [2.75, 3.05) is 12.3 Å². The van der Waals surface area contributed by atoms with Crippen LogP contribution in [-0.2, 0) is 4.74 Å². The fourth-order valence-corrected chi connectivity index (χ4v) is 1.52. The fraction of sp³-hybridized carbons (Fsp3) is 0.182. The summed E-state index contributed by atoms with van der Waals surface area (Å²) in [5.41, 5.74) is 6.68. The van der Waals surface area contributed by atoms with E-state index in [4.69, 9.17) is 26.6 Å². The quantitative estimate of drug-likeness (QED) is 0.677. The van der Waals surface area contributed by atoms with E-state index in [9.17, 15) is 4.79 Å². The summed E-state index contributed by atoms with van der Waals surface area (Å²) < 4.78 is 9.70. The van der Waals surface area contributed by atoms with E-state index in [1.807, 2.05) is 0 Å². The number of aromatic nitrogens is 2. The summed E-state index contributed by atoms with van der Waals surface area (Å²) in [6, 6.07) is 4.84. The Morgan fingerprint density at radius 3 is 3.00 bits per heavy atom. The second-order valence-corrected chi connectivity index (χ2v) is 3.81. The molecule has 94 valence electrons. The number of hydrogen-bond acceptors (Lipinski definition) is 6. The number of carbonyl (C=O) groups is 1. The van der Waals surface area contributed by atoms with Gasteiger partial charge in [-0.25, -0.2) is 4.79 Å². The van der Waals surface area contributed by atoms with Crippen molar-refractivity contribution in [1.82, 2.24) is 10.1 Å². The van der Waals surface area contributed by atoms with Crippen molar-refractivity contribution in [2.24, 2.45) is 0 Å². The van der Waals surface area contributed by atoms with E-state index in [-0.39, 0.29) is 18.3 Å². The summed E-state index contributed by atoms with van der Waals surface area (Å²) in [6.45, 7) is 1.93. The van der Waals surface area contributed by atoms with Gasteiger partial charge in [0.05, 0.1) is 12.2 Å². The van der Waals surface area contributed by atoms with Crippen LogP contribution in [0.2, 0.25) is 5.02 Å². The monoisotopic (exact) mass is 267 g/mol. The minimum atomic E-state index is -0.639. The van der Waals surface area contributed by atoms with Gasteiger partial charge in [-0.3, -0.25) is 0 Å². The van der Waals surface area contributed by atoms with E-state index in [1.165, 1.54) is 0 Å². The topological polar surface area (TPSA) is 91.2 Å². The highest BCUT2D eigenvalue weighted by molar-refractivity contribution is 6.31. The average molecular weight is 268 g/mol. The summed E-state index contributed by atoms with van der Waals surface area (Å²) in [4.78, 5) is 15.3. The van der Waals surface area contributed by atoms with E-state index in [0.29, 0.717) is 16.3 Å². The molecule has 1 aromatic carbocycles. The van der Waals surface area contributed by atoms with E-state index in [1.54, 1.807) is 25.1 Å². The zero-order chi connectivity index (χ0) is 13.1. The summed E-state index contributed by atoms with van der Waals surface area (Å²) in [5.74, 6) is -0.631. The van der Waals surface area contributed by atoms with Crippen LogP contribution < -0.4 is 5.73 Å². The molecule has 6 nitrogen and oxygen atoms in total. The molecule has 0 aliphatic heterocycles. The first-order valence-electron chi connectivity index (χ1n) is 5.18. The summed E-state index contributed by atoms with van der Waals surface area (Å²) >= 11 is 5.78. The first-order valence-corrected chi connectivity index (χ1v) is 5.56. The highest BCUT2D eigenvalue weighted by Crippen LogP contribution is 2.27. The van der Waals surface area contributed by atoms with E-state index < -0.39 is 5.97 Å². The molecule has 0 bridgehead atoms. The number of rotatable bonds is 3. The van der Waals surface area contributed by atoms with Gasteiger partial charge < -0.3 is 15.0 Å². The zero-order valence-corrected chi connectivity index (χ0v) is 10.3. The lowest BCUT2D eigenvalue weighted by Gasteiger charge is -2.00. The van der Waals surface area contributed by atoms with Crippen LogP contribution in [0.3, 0.4) is 0 Å². The number of carbonyl (C=O) groups excluding carboxylic acids is 1. The van der Waals surface area contributed by atoms with Crippen molar-refractivity contribution < 1.29 is 14.1 Å². The fourth-order valence-electron chi connectivity index (χ4n) is 1.34. The predicted molar refractivity (Wildman–Crippen MR) is 65.1 cm³/mol. The van der Waals surface area contributed by atoms with Gasteiger partial charge >= 0.3 is 5.97 Å². The maximum absolute atomic E-state index is 11.4. The van der Waals surface area contributed by atoms with Crippen LogP contribution >= 0.6 is 11.6 Å². The summed E-state index contributed by atoms with van der Waals surface area (Å²) in [7, 11) is 0. The van der Waals surface area contributed by atoms with E-state index in [0.717, 1.165) is 0 Å². The Kier molecular flexibility index (Phi) is 3.47. The molecule has 2 aromatic rings. The molecule has 7 heteroatoms. The highest BCUT2D eigenvalue weighted by Gasteiger charge is 2.17. The second-order valence-electron chi connectivity index (χ2n) is 3.38. The molecule has 0 spiro atoms. The Morgan fingerprint density at radius 1 is 1.56 bits per heavy atom. The van der Waals surface area contributed by atoms with Gasteiger partial charge in [0, 0.05) is 10.7 Å². The van der Waals surface area contributed by atoms with Gasteiger partial charge in [0.2, 0.25) is 0 Å². The molecule has 1 heterocycles. The van der Waals surface area contributed by atoms with Crippen LogP contribution in [0.1, 0.15) is 17.5 Å². The van der Waals surface area contributed by atoms with Crippen LogP contribution in [0, 0.1) is 0 Å². The Hall–Kier alpha value is -2.08. The van der Waals surface area contributed by atoms with Crippen molar-refractivity contribution >= 4 is 23.3 Å². The highest BCUT2D eigenvalue weighted by atomic mass is 35.5. The van der Waals surface area contributed by atoms with Gasteiger partial charge in [0.15, 0.2) is 0 Å². The van der Waals surface area contributed by atoms with Crippen molar-refractivity contribution in [3.8, 4) is 11.5 Å². The summed E-state index contributed by atoms with van der Waals surface area (Å²) in [6.07, 6.45) is 0. The van der Waals surface area contributed by atoms with Gasteiger partial charge in [-0.2, -0.15) is 4.98 Å². The van der Waals surface area contributed by atoms with Gasteiger partial charge in [0.1, 0.15) is 0 Å². The Balaban J connectivity index is 2.32. The number of nitrogens with zero attached hydrogens (tertiary/aromatic N) is 2. The molecule has 0 radical (unpaired) electrons. The molecule has 0 unspecified atom stereocenters.